The second-order valence-electron chi connectivity index (χ2n) is 9.81. The molecule has 0 unspecified atom stereocenters. The van der Waals surface area contributed by atoms with Crippen molar-refractivity contribution >= 4 is 30.1 Å². The molecule has 0 radical (unpaired) electrons. The summed E-state index contributed by atoms with van der Waals surface area (Å²) in [6.07, 6.45) is 5.07. The van der Waals surface area contributed by atoms with Gasteiger partial charge in [0.15, 0.2) is 5.69 Å². The van der Waals surface area contributed by atoms with E-state index >= 15 is 0 Å². The largest absolute Gasteiger partial charge is 0.469 e. The number of esters is 2. The maximum absolute atomic E-state index is 12.6. The molecule has 0 bridgehead atoms. The number of nitrogens with zero attached hydrogens (tertiary/aromatic N) is 3. The summed E-state index contributed by atoms with van der Waals surface area (Å²) in [5, 5.41) is 14.0. The van der Waals surface area contributed by atoms with Crippen LogP contribution in [0.15, 0.2) is 12.3 Å². The van der Waals surface area contributed by atoms with Gasteiger partial charge in [0.05, 0.1) is 13.7 Å². The van der Waals surface area contributed by atoms with E-state index in [4.69, 9.17) is 9.47 Å². The Labute approximate surface area is 205 Å². The van der Waals surface area contributed by atoms with Crippen molar-refractivity contribution < 1.29 is 33.5 Å². The molecule has 1 amide bonds. The van der Waals surface area contributed by atoms with Gasteiger partial charge in [-0.3, -0.25) is 4.79 Å². The maximum atomic E-state index is 12.6. The molecule has 1 atom stereocenters. The number of nitrogens with one attached hydrogen (secondary N) is 1. The van der Waals surface area contributed by atoms with E-state index in [2.05, 4.69) is 15.0 Å². The predicted octanol–water partition coefficient (Wildman–Crippen LogP) is 3.77. The van der Waals surface area contributed by atoms with Gasteiger partial charge in [-0.05, 0) is 71.8 Å². The van der Waals surface area contributed by atoms with Crippen LogP contribution in [0.1, 0.15) is 72.9 Å². The number of allylic oxidation sites excluding steroid dienone is 1. The summed E-state index contributed by atoms with van der Waals surface area (Å²) in [5.74, 6) is -1.34. The topological polar surface area (TPSA) is 152 Å². The number of aryl methyl sites for hydroxylation is 1. The van der Waals surface area contributed by atoms with Crippen molar-refractivity contribution in [3.05, 3.63) is 28.1 Å². The Hall–Kier alpha value is -3.44. The fourth-order valence-electron chi connectivity index (χ4n) is 2.86. The van der Waals surface area contributed by atoms with Crippen molar-refractivity contribution in [1.82, 2.24) is 14.9 Å². The highest BCUT2D eigenvalue weighted by Gasteiger charge is 2.29. The predicted molar refractivity (Wildman–Crippen MR) is 127 cm³/mol. The first kappa shape index (κ1) is 29.6. The molecular formula is C23H36N4O8. The molecule has 0 saturated carbocycles. The Morgan fingerprint density at radius 3 is 2.34 bits per heavy atom. The first-order chi connectivity index (χ1) is 16.1. The molecule has 35 heavy (non-hydrogen) atoms. The molecule has 1 aromatic rings. The van der Waals surface area contributed by atoms with Crippen LogP contribution in [0.2, 0.25) is 0 Å². The lowest BCUT2D eigenvalue weighted by atomic mass is 10.1. The number of aromatic nitrogens is 2. The molecule has 0 aliphatic carbocycles. The SMILES string of the molecule is COC(=O)CC/C=C/c1cn(CCC[C@H](NC(=O)OC(C)(C)C)C(=O)OC(C)(C)C)c([N+](=O)[O-])n1. The number of hydrogen-bond acceptors (Lipinski definition) is 9. The lowest BCUT2D eigenvalue weighted by molar-refractivity contribution is -0.396. The molecule has 0 aromatic carbocycles. The molecule has 0 spiro atoms. The average molecular weight is 497 g/mol. The van der Waals surface area contributed by atoms with Gasteiger partial charge in [0.1, 0.15) is 23.4 Å². The van der Waals surface area contributed by atoms with Gasteiger partial charge in [-0.15, -0.1) is 0 Å². The fourth-order valence-corrected chi connectivity index (χ4v) is 2.86. The second kappa shape index (κ2) is 12.9. The van der Waals surface area contributed by atoms with Crippen molar-refractivity contribution in [3.63, 3.8) is 0 Å². The van der Waals surface area contributed by atoms with E-state index in [1.165, 1.54) is 17.9 Å². The van der Waals surface area contributed by atoms with Crippen molar-refractivity contribution in [2.75, 3.05) is 7.11 Å². The van der Waals surface area contributed by atoms with Crippen LogP contribution in [0.25, 0.3) is 6.08 Å². The summed E-state index contributed by atoms with van der Waals surface area (Å²) in [7, 11) is 1.30. The van der Waals surface area contributed by atoms with Crippen LogP contribution in [-0.4, -0.2) is 56.9 Å². The van der Waals surface area contributed by atoms with Crippen LogP contribution >= 0.6 is 0 Å². The van der Waals surface area contributed by atoms with Crippen LogP contribution < -0.4 is 5.32 Å². The summed E-state index contributed by atoms with van der Waals surface area (Å²) < 4.78 is 16.6. The minimum absolute atomic E-state index is 0.161. The zero-order chi connectivity index (χ0) is 26.8. The van der Waals surface area contributed by atoms with Crippen molar-refractivity contribution in [3.8, 4) is 0 Å². The summed E-state index contributed by atoms with van der Waals surface area (Å²) in [5.41, 5.74) is -1.15. The standard InChI is InChI=1S/C23H36N4O8/c1-22(2,3)34-19(29)17(25-21(30)35-23(4,5)6)12-10-14-26-15-16(24-20(26)27(31)32)11-8-9-13-18(28)33-7/h8,11,15,17H,9-10,12-14H2,1-7H3,(H,25,30)/b11-8+/t17-/m0/s1. The number of imidazole rings is 1. The number of ether oxygens (including phenoxy) is 3. The highest BCUT2D eigenvalue weighted by atomic mass is 16.6. The molecule has 1 N–H and O–H groups in total. The Kier molecular flexibility index (Phi) is 10.9. The van der Waals surface area contributed by atoms with E-state index in [0.29, 0.717) is 18.5 Å². The quantitative estimate of drug-likeness (QED) is 0.209. The van der Waals surface area contributed by atoms with Crippen molar-refractivity contribution in [1.29, 1.82) is 0 Å². The molecule has 0 aliphatic heterocycles. The molecule has 0 saturated heterocycles. The molecule has 12 heteroatoms. The highest BCUT2D eigenvalue weighted by molar-refractivity contribution is 5.81. The zero-order valence-corrected chi connectivity index (χ0v) is 21.5. The van der Waals surface area contributed by atoms with Crippen LogP contribution in [0.3, 0.4) is 0 Å². The van der Waals surface area contributed by atoms with Gasteiger partial charge >= 0.3 is 24.0 Å². The summed E-state index contributed by atoms with van der Waals surface area (Å²) in [4.78, 5) is 50.8. The van der Waals surface area contributed by atoms with Crippen LogP contribution in [0, 0.1) is 10.1 Å². The van der Waals surface area contributed by atoms with Gasteiger partial charge in [-0.25, -0.2) is 14.2 Å². The number of carbonyl (C=O) groups excluding carboxylic acids is 3. The molecule has 12 nitrogen and oxygen atoms in total. The van der Waals surface area contributed by atoms with Gasteiger partial charge < -0.3 is 29.6 Å². The van der Waals surface area contributed by atoms with Crippen molar-refractivity contribution in [2.24, 2.45) is 0 Å². The minimum Gasteiger partial charge on any atom is -0.469 e. The van der Waals surface area contributed by atoms with E-state index < -0.39 is 34.2 Å². The molecule has 0 aliphatic rings. The van der Waals surface area contributed by atoms with E-state index in [-0.39, 0.29) is 31.3 Å². The monoisotopic (exact) mass is 496 g/mol. The number of nitro groups is 1. The Morgan fingerprint density at radius 1 is 1.17 bits per heavy atom. The number of methoxy groups -OCH3 is 1. The zero-order valence-electron chi connectivity index (χ0n) is 21.5. The Bertz CT molecular complexity index is 925. The second-order valence-corrected chi connectivity index (χ2v) is 9.81. The Balaban J connectivity index is 2.88. The summed E-state index contributed by atoms with van der Waals surface area (Å²) >= 11 is 0. The van der Waals surface area contributed by atoms with E-state index in [0.717, 1.165) is 0 Å². The summed E-state index contributed by atoms with van der Waals surface area (Å²) in [6.45, 7) is 10.4. The van der Waals surface area contributed by atoms with Crippen LogP contribution in [0.5, 0.6) is 0 Å². The lowest BCUT2D eigenvalue weighted by Crippen LogP contribution is -2.46. The van der Waals surface area contributed by atoms with E-state index in [9.17, 15) is 24.5 Å². The first-order valence-electron chi connectivity index (χ1n) is 11.3. The fraction of sp³-hybridized carbons (Fsp3) is 0.652. The number of hydrogen-bond donors (Lipinski definition) is 1. The smallest absolute Gasteiger partial charge is 0.435 e. The average Bonchev–Trinajstić information content (AvgIpc) is 3.10. The number of carbonyl (C=O) groups is 3. The third-order valence-corrected chi connectivity index (χ3v) is 4.24. The summed E-state index contributed by atoms with van der Waals surface area (Å²) in [6, 6.07) is -0.996. The van der Waals surface area contributed by atoms with E-state index in [1.807, 2.05) is 0 Å². The first-order valence-corrected chi connectivity index (χ1v) is 11.3. The van der Waals surface area contributed by atoms with Gasteiger partial charge in [-0.2, -0.15) is 0 Å². The normalized spacial score (nSPS) is 12.8. The van der Waals surface area contributed by atoms with Gasteiger partial charge in [0.2, 0.25) is 0 Å². The van der Waals surface area contributed by atoms with Crippen LogP contribution in [-0.2, 0) is 30.3 Å². The van der Waals surface area contributed by atoms with E-state index in [1.54, 1.807) is 53.7 Å². The molecule has 1 aromatic heterocycles. The van der Waals surface area contributed by atoms with Gasteiger partial charge in [-0.1, -0.05) is 11.1 Å². The number of amides is 1. The number of rotatable bonds is 11. The minimum atomic E-state index is -0.996. The molecule has 1 rings (SSSR count). The Morgan fingerprint density at radius 2 is 1.80 bits per heavy atom. The van der Waals surface area contributed by atoms with Gasteiger partial charge in [0.25, 0.3) is 0 Å². The maximum Gasteiger partial charge on any atom is 0.435 e. The molecular weight excluding hydrogens is 460 g/mol. The molecule has 0 fully saturated rings. The van der Waals surface area contributed by atoms with Crippen LogP contribution in [0.4, 0.5) is 10.7 Å². The third kappa shape index (κ3) is 12.0. The highest BCUT2D eigenvalue weighted by Crippen LogP contribution is 2.17. The molecule has 196 valence electrons. The lowest BCUT2D eigenvalue weighted by Gasteiger charge is -2.26. The third-order valence-electron chi connectivity index (χ3n) is 4.24. The van der Waals surface area contributed by atoms with Gasteiger partial charge in [0, 0.05) is 6.42 Å². The number of alkyl carbamates (subject to hydrolysis) is 1. The van der Waals surface area contributed by atoms with Crippen molar-refractivity contribution in [2.45, 2.75) is 91.0 Å². The molecule has 1 heterocycles.